The molecule has 1 aliphatic rings. The van der Waals surface area contributed by atoms with Gasteiger partial charge in [-0.2, -0.15) is 0 Å². The highest BCUT2D eigenvalue weighted by Gasteiger charge is 2.08. The van der Waals surface area contributed by atoms with Crippen LogP contribution in [0, 0.1) is 0 Å². The van der Waals surface area contributed by atoms with Gasteiger partial charge in [-0.05, 0) is 18.1 Å². The molecule has 0 unspecified atom stereocenters. The molecule has 2 rings (SSSR count). The van der Waals surface area contributed by atoms with Crippen LogP contribution in [-0.4, -0.2) is 0 Å². The number of hydrogen-bond donors (Lipinski definition) is 0. The molecule has 0 aliphatic heterocycles. The molecule has 0 heterocycles. The van der Waals surface area contributed by atoms with E-state index in [4.69, 9.17) is 23.2 Å². The second-order valence-corrected chi connectivity index (χ2v) is 3.68. The van der Waals surface area contributed by atoms with Gasteiger partial charge in [0.25, 0.3) is 0 Å². The molecule has 66 valence electrons. The first-order chi connectivity index (χ1) is 6.29. The Morgan fingerprint density at radius 2 is 2.00 bits per heavy atom. The van der Waals surface area contributed by atoms with Crippen molar-refractivity contribution in [1.82, 2.24) is 0 Å². The van der Waals surface area contributed by atoms with Gasteiger partial charge < -0.3 is 0 Å². The van der Waals surface area contributed by atoms with Crippen molar-refractivity contribution >= 4 is 28.8 Å². The predicted octanol–water partition coefficient (Wildman–Crippen LogP) is 4.34. The van der Waals surface area contributed by atoms with E-state index in [1.54, 1.807) is 6.07 Å². The number of hydrogen-bond acceptors (Lipinski definition) is 0. The van der Waals surface area contributed by atoms with E-state index in [-0.39, 0.29) is 0 Å². The number of halogens is 2. The standard InChI is InChI=1S/C11H8Cl2/c12-10-7-3-6-9(11(10)13)8-4-1-2-5-8/h1,3-7H,2H2. The molecule has 0 atom stereocenters. The molecule has 0 saturated heterocycles. The van der Waals surface area contributed by atoms with Crippen LogP contribution in [0.4, 0.5) is 0 Å². The molecule has 0 saturated carbocycles. The van der Waals surface area contributed by atoms with Crippen LogP contribution in [0.15, 0.2) is 36.4 Å². The first kappa shape index (κ1) is 8.86. The van der Waals surface area contributed by atoms with Gasteiger partial charge in [0, 0.05) is 5.56 Å². The van der Waals surface area contributed by atoms with Crippen molar-refractivity contribution in [3.8, 4) is 0 Å². The Bertz CT molecular complexity index is 389. The van der Waals surface area contributed by atoms with Crippen LogP contribution < -0.4 is 0 Å². The molecule has 0 amide bonds. The molecule has 0 bridgehead atoms. The zero-order valence-electron chi connectivity index (χ0n) is 6.93. The first-order valence-corrected chi connectivity index (χ1v) is 4.86. The average molecular weight is 211 g/mol. The Hall–Kier alpha value is -0.720. The van der Waals surface area contributed by atoms with E-state index in [1.165, 1.54) is 0 Å². The van der Waals surface area contributed by atoms with Gasteiger partial charge >= 0.3 is 0 Å². The molecule has 2 heteroatoms. The lowest BCUT2D eigenvalue weighted by atomic mass is 10.1. The Morgan fingerprint density at radius 3 is 2.69 bits per heavy atom. The molecule has 1 aliphatic carbocycles. The van der Waals surface area contributed by atoms with Gasteiger partial charge in [-0.1, -0.05) is 53.6 Å². The SMILES string of the molecule is Clc1cccc(C2=CCC=C2)c1Cl. The summed E-state index contributed by atoms with van der Waals surface area (Å²) in [5.74, 6) is 0. The third-order valence-electron chi connectivity index (χ3n) is 2.03. The fourth-order valence-corrected chi connectivity index (χ4v) is 1.79. The normalized spacial score (nSPS) is 14.8. The van der Waals surface area contributed by atoms with Gasteiger partial charge in [0.2, 0.25) is 0 Å². The summed E-state index contributed by atoms with van der Waals surface area (Å²) >= 11 is 12.0. The highest BCUT2D eigenvalue weighted by atomic mass is 35.5. The lowest BCUT2D eigenvalue weighted by Gasteiger charge is -2.04. The van der Waals surface area contributed by atoms with Crippen LogP contribution in [0.1, 0.15) is 12.0 Å². The summed E-state index contributed by atoms with van der Waals surface area (Å²) in [5, 5.41) is 1.25. The first-order valence-electron chi connectivity index (χ1n) is 4.10. The van der Waals surface area contributed by atoms with Crippen LogP contribution in [0.25, 0.3) is 5.57 Å². The highest BCUT2D eigenvalue weighted by molar-refractivity contribution is 6.43. The molecule has 1 aromatic carbocycles. The Balaban J connectivity index is 2.51. The van der Waals surface area contributed by atoms with Crippen molar-refractivity contribution in [1.29, 1.82) is 0 Å². The topological polar surface area (TPSA) is 0 Å². The molecule has 1 aromatic rings. The molecule has 0 fully saturated rings. The van der Waals surface area contributed by atoms with E-state index in [9.17, 15) is 0 Å². The molecular weight excluding hydrogens is 203 g/mol. The lowest BCUT2D eigenvalue weighted by Crippen LogP contribution is -1.81. The summed E-state index contributed by atoms with van der Waals surface area (Å²) < 4.78 is 0. The monoisotopic (exact) mass is 210 g/mol. The minimum Gasteiger partial charge on any atom is -0.0827 e. The molecule has 13 heavy (non-hydrogen) atoms. The quantitative estimate of drug-likeness (QED) is 0.648. The number of benzene rings is 1. The molecule has 0 aromatic heterocycles. The average Bonchev–Trinajstić information content (AvgIpc) is 2.62. The van der Waals surface area contributed by atoms with Crippen LogP contribution in [-0.2, 0) is 0 Å². The van der Waals surface area contributed by atoms with Crippen molar-refractivity contribution in [3.63, 3.8) is 0 Å². The zero-order chi connectivity index (χ0) is 9.26. The van der Waals surface area contributed by atoms with E-state index in [0.29, 0.717) is 10.0 Å². The van der Waals surface area contributed by atoms with E-state index in [2.05, 4.69) is 18.2 Å². The Kier molecular flexibility index (Phi) is 2.43. The van der Waals surface area contributed by atoms with Crippen LogP contribution in [0.2, 0.25) is 10.0 Å². The smallest absolute Gasteiger partial charge is 0.0670 e. The molecular formula is C11H8Cl2. The molecule has 0 N–H and O–H groups in total. The summed E-state index contributed by atoms with van der Waals surface area (Å²) in [5.41, 5.74) is 2.18. The Morgan fingerprint density at radius 1 is 1.15 bits per heavy atom. The van der Waals surface area contributed by atoms with Crippen molar-refractivity contribution in [2.45, 2.75) is 6.42 Å². The third-order valence-corrected chi connectivity index (χ3v) is 2.85. The van der Waals surface area contributed by atoms with Crippen molar-refractivity contribution in [2.24, 2.45) is 0 Å². The van der Waals surface area contributed by atoms with Gasteiger partial charge in [-0.25, -0.2) is 0 Å². The van der Waals surface area contributed by atoms with Crippen molar-refractivity contribution in [2.75, 3.05) is 0 Å². The summed E-state index contributed by atoms with van der Waals surface area (Å²) in [4.78, 5) is 0. The minimum atomic E-state index is 0.611. The molecule has 0 radical (unpaired) electrons. The van der Waals surface area contributed by atoms with E-state index < -0.39 is 0 Å². The fourth-order valence-electron chi connectivity index (χ4n) is 1.38. The molecule has 0 nitrogen and oxygen atoms in total. The fraction of sp³-hybridized carbons (Fsp3) is 0.0909. The van der Waals surface area contributed by atoms with Gasteiger partial charge in [0.1, 0.15) is 0 Å². The van der Waals surface area contributed by atoms with Crippen molar-refractivity contribution in [3.05, 3.63) is 52.0 Å². The van der Waals surface area contributed by atoms with E-state index in [0.717, 1.165) is 17.6 Å². The third kappa shape index (κ3) is 1.65. The van der Waals surface area contributed by atoms with E-state index in [1.807, 2.05) is 12.1 Å². The van der Waals surface area contributed by atoms with Gasteiger partial charge in [-0.3, -0.25) is 0 Å². The second kappa shape index (κ2) is 3.57. The van der Waals surface area contributed by atoms with Gasteiger partial charge in [0.05, 0.1) is 10.0 Å². The van der Waals surface area contributed by atoms with Crippen LogP contribution in [0.5, 0.6) is 0 Å². The predicted molar refractivity (Wildman–Crippen MR) is 58.2 cm³/mol. The number of allylic oxidation sites excluding steroid dienone is 4. The molecule has 0 spiro atoms. The maximum absolute atomic E-state index is 6.07. The summed E-state index contributed by atoms with van der Waals surface area (Å²) in [6, 6.07) is 5.69. The van der Waals surface area contributed by atoms with Crippen LogP contribution >= 0.6 is 23.2 Å². The summed E-state index contributed by atoms with van der Waals surface area (Å²) in [6.45, 7) is 0. The minimum absolute atomic E-state index is 0.611. The summed E-state index contributed by atoms with van der Waals surface area (Å²) in [6.07, 6.45) is 7.29. The van der Waals surface area contributed by atoms with Crippen LogP contribution in [0.3, 0.4) is 0 Å². The maximum Gasteiger partial charge on any atom is 0.0670 e. The maximum atomic E-state index is 6.07. The van der Waals surface area contributed by atoms with E-state index >= 15 is 0 Å². The van der Waals surface area contributed by atoms with Gasteiger partial charge in [0.15, 0.2) is 0 Å². The zero-order valence-corrected chi connectivity index (χ0v) is 8.44. The number of rotatable bonds is 1. The summed E-state index contributed by atoms with van der Waals surface area (Å²) in [7, 11) is 0. The lowest BCUT2D eigenvalue weighted by molar-refractivity contribution is 1.45. The largest absolute Gasteiger partial charge is 0.0827 e. The Labute approximate surface area is 87.5 Å². The second-order valence-electron chi connectivity index (χ2n) is 2.90. The highest BCUT2D eigenvalue weighted by Crippen LogP contribution is 2.32. The van der Waals surface area contributed by atoms with Gasteiger partial charge in [-0.15, -0.1) is 0 Å². The van der Waals surface area contributed by atoms with Crippen molar-refractivity contribution < 1.29 is 0 Å².